The van der Waals surface area contributed by atoms with E-state index < -0.39 is 23.6 Å². The first-order valence-corrected chi connectivity index (χ1v) is 9.77. The molecule has 1 aliphatic carbocycles. The maximum atomic E-state index is 13.1. The summed E-state index contributed by atoms with van der Waals surface area (Å²) in [6.07, 6.45) is 2.07. The van der Waals surface area contributed by atoms with Gasteiger partial charge in [-0.25, -0.2) is 4.98 Å². The van der Waals surface area contributed by atoms with E-state index in [4.69, 9.17) is 10.2 Å². The number of aromatic nitrogens is 1. The van der Waals surface area contributed by atoms with Crippen molar-refractivity contribution in [2.45, 2.75) is 31.2 Å². The predicted octanol–water partition coefficient (Wildman–Crippen LogP) is 2.61. The summed E-state index contributed by atoms with van der Waals surface area (Å²) in [6, 6.07) is 17.2. The van der Waals surface area contributed by atoms with Crippen molar-refractivity contribution in [2.24, 2.45) is 5.73 Å². The largest absolute Gasteiger partial charge is 0.435 e. The van der Waals surface area contributed by atoms with E-state index in [0.717, 1.165) is 24.0 Å². The average Bonchev–Trinajstić information content (AvgIpc) is 3.52. The summed E-state index contributed by atoms with van der Waals surface area (Å²) in [5, 5.41) is 2.62. The predicted molar refractivity (Wildman–Crippen MR) is 110 cm³/mol. The van der Waals surface area contributed by atoms with E-state index in [1.165, 1.54) is 0 Å². The quantitative estimate of drug-likeness (QED) is 0.561. The molecule has 30 heavy (non-hydrogen) atoms. The lowest BCUT2D eigenvalue weighted by molar-refractivity contribution is -0.137. The highest BCUT2D eigenvalue weighted by Gasteiger charge is 2.34. The number of nitrogens with one attached hydrogen (secondary N) is 1. The van der Waals surface area contributed by atoms with Crippen LogP contribution < -0.4 is 11.1 Å². The number of nitrogens with zero attached hydrogens (tertiary/aromatic N) is 1. The summed E-state index contributed by atoms with van der Waals surface area (Å²) in [5.74, 6) is -1.82. The van der Waals surface area contributed by atoms with Gasteiger partial charge in [-0.05, 0) is 18.4 Å². The fraction of sp³-hybridized carbons (Fsp3) is 0.217. The molecular weight excluding hydrogens is 382 g/mol. The van der Waals surface area contributed by atoms with Gasteiger partial charge in [-0.2, -0.15) is 0 Å². The number of ketones is 1. The molecule has 4 rings (SSSR count). The van der Waals surface area contributed by atoms with Crippen LogP contribution in [0.1, 0.15) is 40.8 Å². The maximum absolute atomic E-state index is 13.1. The third-order valence-electron chi connectivity index (χ3n) is 4.97. The van der Waals surface area contributed by atoms with Crippen molar-refractivity contribution in [1.82, 2.24) is 10.3 Å². The molecule has 0 spiro atoms. The molecule has 152 valence electrons. The highest BCUT2D eigenvalue weighted by molar-refractivity contribution is 6.38. The zero-order valence-corrected chi connectivity index (χ0v) is 16.2. The number of rotatable bonds is 8. The van der Waals surface area contributed by atoms with Gasteiger partial charge in [-0.3, -0.25) is 14.4 Å². The smallest absolute Gasteiger partial charge is 0.290 e. The minimum atomic E-state index is -1.10. The van der Waals surface area contributed by atoms with Crippen molar-refractivity contribution in [3.63, 3.8) is 0 Å². The van der Waals surface area contributed by atoms with E-state index in [2.05, 4.69) is 10.3 Å². The van der Waals surface area contributed by atoms with Crippen LogP contribution in [0.15, 0.2) is 65.1 Å². The zero-order valence-electron chi connectivity index (χ0n) is 16.2. The van der Waals surface area contributed by atoms with Gasteiger partial charge < -0.3 is 15.5 Å². The molecule has 7 heteroatoms. The first-order valence-electron chi connectivity index (χ1n) is 9.77. The van der Waals surface area contributed by atoms with Gasteiger partial charge in [0.1, 0.15) is 11.7 Å². The molecule has 1 aromatic heterocycles. The molecule has 7 nitrogen and oxygen atoms in total. The normalized spacial score (nSPS) is 14.1. The summed E-state index contributed by atoms with van der Waals surface area (Å²) < 4.78 is 5.80. The van der Waals surface area contributed by atoms with E-state index >= 15 is 0 Å². The Labute approximate surface area is 173 Å². The minimum Gasteiger partial charge on any atom is -0.435 e. The molecule has 1 heterocycles. The van der Waals surface area contributed by atoms with E-state index in [1.807, 2.05) is 60.7 Å². The molecule has 3 aromatic rings. The third kappa shape index (κ3) is 4.30. The number of hydrogen-bond acceptors (Lipinski definition) is 5. The monoisotopic (exact) mass is 403 g/mol. The van der Waals surface area contributed by atoms with E-state index in [-0.39, 0.29) is 18.1 Å². The van der Waals surface area contributed by atoms with Crippen LogP contribution in [0.2, 0.25) is 0 Å². The summed E-state index contributed by atoms with van der Waals surface area (Å²) in [7, 11) is 0. The Bertz CT molecular complexity index is 1070. The standard InChI is InChI=1S/C23H21N3O4/c24-21(28)19(27)17(13-14-7-3-1-4-8-14)25-22(29)20-18(15-9-5-2-6-10-15)26-23(30-20)16-11-12-16/h1-10,16-17H,11-13H2,(H2,24,28)(H,25,29). The first-order chi connectivity index (χ1) is 14.5. The van der Waals surface area contributed by atoms with Crippen LogP contribution in [-0.4, -0.2) is 28.6 Å². The lowest BCUT2D eigenvalue weighted by atomic mass is 10.0. The van der Waals surface area contributed by atoms with Crippen LogP contribution in [0.5, 0.6) is 0 Å². The lowest BCUT2D eigenvalue weighted by Gasteiger charge is -2.16. The van der Waals surface area contributed by atoms with Crippen molar-refractivity contribution >= 4 is 17.6 Å². The SMILES string of the molecule is NC(=O)C(=O)C(Cc1ccccc1)NC(=O)c1oc(C2CC2)nc1-c1ccccc1. The fourth-order valence-corrected chi connectivity index (χ4v) is 3.24. The van der Waals surface area contributed by atoms with E-state index in [1.54, 1.807) is 0 Å². The summed E-state index contributed by atoms with van der Waals surface area (Å²) in [5.41, 5.74) is 7.14. The van der Waals surface area contributed by atoms with Gasteiger partial charge in [0, 0.05) is 17.9 Å². The van der Waals surface area contributed by atoms with Gasteiger partial charge in [0.2, 0.25) is 11.5 Å². The third-order valence-corrected chi connectivity index (χ3v) is 4.97. The molecule has 1 atom stereocenters. The van der Waals surface area contributed by atoms with Crippen molar-refractivity contribution in [3.05, 3.63) is 77.9 Å². The molecular formula is C23H21N3O4. The molecule has 1 saturated carbocycles. The Hall–Kier alpha value is -3.74. The second kappa shape index (κ2) is 8.32. The number of amides is 2. The summed E-state index contributed by atoms with van der Waals surface area (Å²) >= 11 is 0. The lowest BCUT2D eigenvalue weighted by Crippen LogP contribution is -2.47. The highest BCUT2D eigenvalue weighted by Crippen LogP contribution is 2.41. The topological polar surface area (TPSA) is 115 Å². The Morgan fingerprint density at radius 1 is 1.03 bits per heavy atom. The molecule has 0 radical (unpaired) electrons. The number of carbonyl (C=O) groups excluding carboxylic acids is 3. The number of benzene rings is 2. The zero-order chi connectivity index (χ0) is 21.1. The van der Waals surface area contributed by atoms with E-state index in [9.17, 15) is 14.4 Å². The molecule has 2 amide bonds. The molecule has 0 aliphatic heterocycles. The Morgan fingerprint density at radius 2 is 1.67 bits per heavy atom. The number of nitrogens with two attached hydrogens (primary N) is 1. The maximum Gasteiger partial charge on any atom is 0.290 e. The Morgan fingerprint density at radius 3 is 2.27 bits per heavy atom. The molecule has 1 aliphatic rings. The molecule has 1 fully saturated rings. The van der Waals surface area contributed by atoms with Crippen molar-refractivity contribution in [1.29, 1.82) is 0 Å². The average molecular weight is 403 g/mol. The molecule has 2 aromatic carbocycles. The first kappa shape index (κ1) is 19.6. The van der Waals surface area contributed by atoms with Crippen LogP contribution >= 0.6 is 0 Å². The number of carbonyl (C=O) groups is 3. The molecule has 0 bridgehead atoms. The highest BCUT2D eigenvalue weighted by atomic mass is 16.4. The van der Waals surface area contributed by atoms with Gasteiger partial charge in [-0.15, -0.1) is 0 Å². The molecule has 0 saturated heterocycles. The van der Waals surface area contributed by atoms with Gasteiger partial charge >= 0.3 is 0 Å². The van der Waals surface area contributed by atoms with E-state index in [0.29, 0.717) is 11.6 Å². The second-order valence-corrected chi connectivity index (χ2v) is 7.31. The van der Waals surface area contributed by atoms with Crippen molar-refractivity contribution in [2.75, 3.05) is 0 Å². The van der Waals surface area contributed by atoms with Crippen LogP contribution in [0.25, 0.3) is 11.3 Å². The summed E-state index contributed by atoms with van der Waals surface area (Å²) in [4.78, 5) is 41.5. The van der Waals surface area contributed by atoms with Crippen LogP contribution in [0, 0.1) is 0 Å². The van der Waals surface area contributed by atoms with Crippen molar-refractivity contribution < 1.29 is 18.8 Å². The van der Waals surface area contributed by atoms with Crippen LogP contribution in [0.3, 0.4) is 0 Å². The summed E-state index contributed by atoms with van der Waals surface area (Å²) in [6.45, 7) is 0. The molecule has 1 unspecified atom stereocenters. The van der Waals surface area contributed by atoms with Crippen LogP contribution in [-0.2, 0) is 16.0 Å². The van der Waals surface area contributed by atoms with Crippen LogP contribution in [0.4, 0.5) is 0 Å². The number of primary amides is 1. The number of Topliss-reactive ketones (excluding diaryl/α,β-unsaturated/α-hetero) is 1. The van der Waals surface area contributed by atoms with Gasteiger partial charge in [-0.1, -0.05) is 60.7 Å². The number of hydrogen-bond donors (Lipinski definition) is 2. The number of oxazole rings is 1. The molecule has 3 N–H and O–H groups in total. The van der Waals surface area contributed by atoms with Crippen molar-refractivity contribution in [3.8, 4) is 11.3 Å². The van der Waals surface area contributed by atoms with Gasteiger partial charge in [0.25, 0.3) is 11.8 Å². The van der Waals surface area contributed by atoms with Gasteiger partial charge in [0.05, 0.1) is 0 Å². The minimum absolute atomic E-state index is 0.0263. The fourth-order valence-electron chi connectivity index (χ4n) is 3.24. The Kier molecular flexibility index (Phi) is 5.43. The Balaban J connectivity index is 1.63. The second-order valence-electron chi connectivity index (χ2n) is 7.31. The van der Waals surface area contributed by atoms with Gasteiger partial charge in [0.15, 0.2) is 5.89 Å².